The number of β-amino-alcohol motifs (C(OH)–C–C–N with tert-alkyl or cyclic N) is 1. The Morgan fingerprint density at radius 1 is 1.19 bits per heavy atom. The molecule has 1 aliphatic carbocycles. The molecule has 0 bridgehead atoms. The second-order valence-corrected chi connectivity index (χ2v) is 7.46. The van der Waals surface area contributed by atoms with Crippen molar-refractivity contribution in [3.05, 3.63) is 59.5 Å². The summed E-state index contributed by atoms with van der Waals surface area (Å²) < 4.78 is 5.17. The van der Waals surface area contributed by atoms with Gasteiger partial charge in [0, 0.05) is 18.7 Å². The smallest absolute Gasteiger partial charge is 0.254 e. The average molecular weight is 368 g/mol. The van der Waals surface area contributed by atoms with E-state index < -0.39 is 12.1 Å². The predicted octanol–water partition coefficient (Wildman–Crippen LogP) is 2.09. The van der Waals surface area contributed by atoms with Gasteiger partial charge in [-0.1, -0.05) is 18.6 Å². The van der Waals surface area contributed by atoms with E-state index in [9.17, 15) is 14.7 Å². The summed E-state index contributed by atoms with van der Waals surface area (Å²) in [5, 5.41) is 13.1. The van der Waals surface area contributed by atoms with Gasteiger partial charge in [-0.2, -0.15) is 0 Å². The molecule has 1 aromatic carbocycles. The number of hydrogen-bond acceptors (Lipinski definition) is 4. The molecule has 2 aromatic rings. The maximum atomic E-state index is 12.8. The number of nitrogens with one attached hydrogen (secondary N) is 1. The lowest BCUT2D eigenvalue weighted by molar-refractivity contribution is -0.121. The number of rotatable bonds is 5. The van der Waals surface area contributed by atoms with Crippen LogP contribution in [-0.2, 0) is 11.2 Å². The van der Waals surface area contributed by atoms with E-state index in [0.29, 0.717) is 23.8 Å². The number of furan rings is 1. The first-order valence-electron chi connectivity index (χ1n) is 9.49. The van der Waals surface area contributed by atoms with Crippen molar-refractivity contribution in [2.75, 3.05) is 13.1 Å². The van der Waals surface area contributed by atoms with Crippen molar-refractivity contribution in [3.63, 3.8) is 0 Å². The van der Waals surface area contributed by atoms with Crippen molar-refractivity contribution in [2.24, 2.45) is 0 Å². The number of likely N-dealkylation sites (tertiary alicyclic amines) is 1. The number of amides is 2. The van der Waals surface area contributed by atoms with Crippen LogP contribution in [0, 0.1) is 0 Å². The van der Waals surface area contributed by atoms with Gasteiger partial charge in [0.1, 0.15) is 5.76 Å². The van der Waals surface area contributed by atoms with Crippen LogP contribution in [0.5, 0.6) is 0 Å². The third-order valence-electron chi connectivity index (χ3n) is 5.55. The molecule has 1 saturated heterocycles. The van der Waals surface area contributed by atoms with Crippen molar-refractivity contribution in [2.45, 2.75) is 43.7 Å². The van der Waals surface area contributed by atoms with Crippen molar-refractivity contribution >= 4 is 11.8 Å². The summed E-state index contributed by atoms with van der Waals surface area (Å²) in [5.41, 5.74) is 1.87. The van der Waals surface area contributed by atoms with Crippen LogP contribution < -0.4 is 5.32 Å². The highest BCUT2D eigenvalue weighted by atomic mass is 16.3. The minimum atomic E-state index is -0.774. The Hall–Kier alpha value is -2.60. The molecule has 2 aliphatic rings. The van der Waals surface area contributed by atoms with Crippen LogP contribution >= 0.6 is 0 Å². The lowest BCUT2D eigenvalue weighted by atomic mass is 9.79. The summed E-state index contributed by atoms with van der Waals surface area (Å²) >= 11 is 0. The summed E-state index contributed by atoms with van der Waals surface area (Å²) in [5.74, 6) is 0.810. The first kappa shape index (κ1) is 17.8. The van der Waals surface area contributed by atoms with E-state index in [4.69, 9.17) is 4.42 Å². The molecule has 2 N–H and O–H groups in total. The summed E-state index contributed by atoms with van der Waals surface area (Å²) in [7, 11) is 0. The fraction of sp³-hybridized carbons (Fsp3) is 0.429. The zero-order chi connectivity index (χ0) is 18.8. The van der Waals surface area contributed by atoms with Crippen LogP contribution in [0.2, 0.25) is 0 Å². The van der Waals surface area contributed by atoms with E-state index in [0.717, 1.165) is 0 Å². The Bertz CT molecular complexity index is 813. The fourth-order valence-corrected chi connectivity index (χ4v) is 3.77. The summed E-state index contributed by atoms with van der Waals surface area (Å²) in [6, 6.07) is 10.8. The Labute approximate surface area is 158 Å². The number of benzene rings is 1. The Kier molecular flexibility index (Phi) is 4.99. The van der Waals surface area contributed by atoms with Crippen molar-refractivity contribution < 1.29 is 19.1 Å². The van der Waals surface area contributed by atoms with Crippen molar-refractivity contribution in [3.8, 4) is 0 Å². The van der Waals surface area contributed by atoms with Gasteiger partial charge in [0.25, 0.3) is 5.91 Å². The SMILES string of the molecule is O=C(Cc1ccco1)N[C@@H]1CN(C(=O)c2cccc(C3CCC3)c2)C[C@H]1O. The van der Waals surface area contributed by atoms with Crippen LogP contribution in [-0.4, -0.2) is 47.1 Å². The van der Waals surface area contributed by atoms with Gasteiger partial charge in [-0.15, -0.1) is 0 Å². The van der Waals surface area contributed by atoms with Crippen LogP contribution in [0.3, 0.4) is 0 Å². The minimum Gasteiger partial charge on any atom is -0.469 e. The molecule has 2 fully saturated rings. The molecule has 1 saturated carbocycles. The third-order valence-corrected chi connectivity index (χ3v) is 5.55. The quantitative estimate of drug-likeness (QED) is 0.847. The molecule has 0 radical (unpaired) electrons. The molecular weight excluding hydrogens is 344 g/mol. The molecule has 1 aromatic heterocycles. The maximum Gasteiger partial charge on any atom is 0.254 e. The van der Waals surface area contributed by atoms with Crippen LogP contribution in [0.15, 0.2) is 47.1 Å². The number of carbonyl (C=O) groups excluding carboxylic acids is 2. The van der Waals surface area contributed by atoms with Gasteiger partial charge in [-0.25, -0.2) is 0 Å². The molecule has 6 heteroatoms. The van der Waals surface area contributed by atoms with E-state index >= 15 is 0 Å². The molecule has 142 valence electrons. The molecular formula is C21H24N2O4. The lowest BCUT2D eigenvalue weighted by Gasteiger charge is -2.26. The van der Waals surface area contributed by atoms with Crippen LogP contribution in [0.1, 0.15) is 46.9 Å². The number of aliphatic hydroxyl groups is 1. The monoisotopic (exact) mass is 368 g/mol. The fourth-order valence-electron chi connectivity index (χ4n) is 3.77. The molecule has 4 rings (SSSR count). The molecule has 2 amide bonds. The standard InChI is InChI=1S/C21H24N2O4/c24-19-13-23(12-18(19)22-20(25)11-17-8-3-9-27-17)21(26)16-7-2-6-15(10-16)14-4-1-5-14/h2-3,6-10,14,18-19,24H,1,4-5,11-13H2,(H,22,25)/t18-,19-/m1/s1. The Morgan fingerprint density at radius 3 is 2.74 bits per heavy atom. The van der Waals surface area contributed by atoms with Crippen molar-refractivity contribution in [1.29, 1.82) is 0 Å². The lowest BCUT2D eigenvalue weighted by Crippen LogP contribution is -2.43. The normalized spacial score (nSPS) is 22.5. The largest absolute Gasteiger partial charge is 0.469 e. The highest BCUT2D eigenvalue weighted by Crippen LogP contribution is 2.36. The summed E-state index contributed by atoms with van der Waals surface area (Å²) in [4.78, 5) is 26.6. The first-order chi connectivity index (χ1) is 13.1. The molecule has 1 aliphatic heterocycles. The Balaban J connectivity index is 1.37. The van der Waals surface area contributed by atoms with E-state index in [1.165, 1.54) is 31.1 Å². The Morgan fingerprint density at radius 2 is 2.04 bits per heavy atom. The molecule has 27 heavy (non-hydrogen) atoms. The van der Waals surface area contributed by atoms with Gasteiger partial charge >= 0.3 is 0 Å². The van der Waals surface area contributed by atoms with Gasteiger partial charge in [0.15, 0.2) is 0 Å². The van der Waals surface area contributed by atoms with Gasteiger partial charge in [0.05, 0.1) is 24.8 Å². The van der Waals surface area contributed by atoms with Gasteiger partial charge in [-0.05, 0) is 48.6 Å². The molecule has 2 heterocycles. The number of aliphatic hydroxyl groups excluding tert-OH is 1. The number of hydrogen-bond donors (Lipinski definition) is 2. The van der Waals surface area contributed by atoms with Gasteiger partial charge in [0.2, 0.25) is 5.91 Å². The first-order valence-corrected chi connectivity index (χ1v) is 9.49. The van der Waals surface area contributed by atoms with Gasteiger partial charge in [-0.3, -0.25) is 9.59 Å². The number of nitrogens with zero attached hydrogens (tertiary/aromatic N) is 1. The predicted molar refractivity (Wildman–Crippen MR) is 99.3 cm³/mol. The summed E-state index contributed by atoms with van der Waals surface area (Å²) in [6.07, 6.45) is 4.48. The summed E-state index contributed by atoms with van der Waals surface area (Å²) in [6.45, 7) is 0.524. The van der Waals surface area contributed by atoms with Gasteiger partial charge < -0.3 is 19.7 Å². The molecule has 6 nitrogen and oxygen atoms in total. The second-order valence-electron chi connectivity index (χ2n) is 7.46. The topological polar surface area (TPSA) is 82.8 Å². The van der Waals surface area contributed by atoms with Crippen molar-refractivity contribution in [1.82, 2.24) is 10.2 Å². The van der Waals surface area contributed by atoms with E-state index in [1.54, 1.807) is 17.0 Å². The van der Waals surface area contributed by atoms with E-state index in [2.05, 4.69) is 11.4 Å². The highest BCUT2D eigenvalue weighted by Gasteiger charge is 2.35. The van der Waals surface area contributed by atoms with Crippen LogP contribution in [0.25, 0.3) is 0 Å². The van der Waals surface area contributed by atoms with E-state index in [1.807, 2.05) is 18.2 Å². The third kappa shape index (κ3) is 3.90. The zero-order valence-corrected chi connectivity index (χ0v) is 15.1. The minimum absolute atomic E-state index is 0.0991. The second kappa shape index (κ2) is 7.56. The molecule has 0 unspecified atom stereocenters. The number of carbonyl (C=O) groups is 2. The zero-order valence-electron chi connectivity index (χ0n) is 15.1. The highest BCUT2D eigenvalue weighted by molar-refractivity contribution is 5.94. The average Bonchev–Trinajstić information content (AvgIpc) is 3.23. The van der Waals surface area contributed by atoms with E-state index in [-0.39, 0.29) is 24.8 Å². The molecule has 2 atom stereocenters. The molecule has 0 spiro atoms. The van der Waals surface area contributed by atoms with Crippen LogP contribution in [0.4, 0.5) is 0 Å². The maximum absolute atomic E-state index is 12.8.